The summed E-state index contributed by atoms with van der Waals surface area (Å²) < 4.78 is 5.38. The fourth-order valence-electron chi connectivity index (χ4n) is 2.47. The Labute approximate surface area is 138 Å². The first kappa shape index (κ1) is 15.3. The lowest BCUT2D eigenvalue weighted by molar-refractivity contribution is 0.103. The molecule has 6 heteroatoms. The summed E-state index contributed by atoms with van der Waals surface area (Å²) in [6, 6.07) is 9.36. The van der Waals surface area contributed by atoms with E-state index < -0.39 is 0 Å². The van der Waals surface area contributed by atoms with Crippen molar-refractivity contribution in [2.24, 2.45) is 0 Å². The molecule has 1 amide bonds. The topological polar surface area (TPSA) is 41.6 Å². The van der Waals surface area contributed by atoms with Crippen LogP contribution in [-0.2, 0) is 4.74 Å². The summed E-state index contributed by atoms with van der Waals surface area (Å²) in [5.41, 5.74) is 1.61. The molecule has 2 heterocycles. The molecule has 1 fully saturated rings. The molecule has 0 bridgehead atoms. The molecular weight excluding hydrogens is 320 g/mol. The minimum Gasteiger partial charge on any atom is -0.378 e. The summed E-state index contributed by atoms with van der Waals surface area (Å²) in [4.78, 5) is 16.4. The van der Waals surface area contributed by atoms with Crippen molar-refractivity contribution in [1.82, 2.24) is 0 Å². The van der Waals surface area contributed by atoms with E-state index >= 15 is 0 Å². The van der Waals surface area contributed by atoms with Crippen LogP contribution in [0.25, 0.3) is 0 Å². The average molecular weight is 337 g/mol. The predicted molar refractivity (Wildman–Crippen MR) is 91.5 cm³/mol. The van der Waals surface area contributed by atoms with Gasteiger partial charge in [0.15, 0.2) is 0 Å². The van der Waals surface area contributed by atoms with Gasteiger partial charge in [0.2, 0.25) is 0 Å². The normalized spacial score (nSPS) is 14.9. The lowest BCUT2D eigenvalue weighted by Crippen LogP contribution is -2.37. The maximum absolute atomic E-state index is 12.4. The Morgan fingerprint density at radius 2 is 2.05 bits per heavy atom. The first-order valence-electron chi connectivity index (χ1n) is 7.14. The van der Waals surface area contributed by atoms with Crippen molar-refractivity contribution in [2.75, 3.05) is 36.5 Å². The Hall–Kier alpha value is -1.56. The molecule has 4 nitrogen and oxygen atoms in total. The van der Waals surface area contributed by atoms with Crippen LogP contribution >= 0.6 is 22.9 Å². The van der Waals surface area contributed by atoms with Crippen molar-refractivity contribution in [3.8, 4) is 0 Å². The van der Waals surface area contributed by atoms with E-state index in [1.54, 1.807) is 0 Å². The van der Waals surface area contributed by atoms with Crippen molar-refractivity contribution in [1.29, 1.82) is 0 Å². The highest BCUT2D eigenvalue weighted by Crippen LogP contribution is 2.35. The lowest BCUT2D eigenvalue weighted by Gasteiger charge is -2.31. The van der Waals surface area contributed by atoms with E-state index in [1.807, 2.05) is 37.3 Å². The molecule has 1 saturated heterocycles. The summed E-state index contributed by atoms with van der Waals surface area (Å²) in [5, 5.41) is 3.62. The largest absolute Gasteiger partial charge is 0.378 e. The monoisotopic (exact) mass is 336 g/mol. The number of amides is 1. The molecule has 1 N–H and O–H groups in total. The molecule has 0 radical (unpaired) electrons. The van der Waals surface area contributed by atoms with Gasteiger partial charge < -0.3 is 15.0 Å². The average Bonchev–Trinajstić information content (AvgIpc) is 2.95. The highest BCUT2D eigenvalue weighted by molar-refractivity contribution is 7.14. The van der Waals surface area contributed by atoms with Gasteiger partial charge in [-0.2, -0.15) is 0 Å². The van der Waals surface area contributed by atoms with E-state index in [4.69, 9.17) is 16.3 Å². The van der Waals surface area contributed by atoms with Gasteiger partial charge in [-0.15, -0.1) is 11.3 Å². The SMILES string of the molecule is Cc1ccc(C(=O)Nc2cccc(Cl)c2N2CCOCC2)s1. The molecule has 0 aliphatic carbocycles. The van der Waals surface area contributed by atoms with Crippen LogP contribution in [0.4, 0.5) is 11.4 Å². The van der Waals surface area contributed by atoms with Crippen molar-refractivity contribution in [3.05, 3.63) is 45.1 Å². The number of para-hydroxylation sites is 1. The van der Waals surface area contributed by atoms with Crippen LogP contribution in [0, 0.1) is 6.92 Å². The molecule has 2 aromatic rings. The Morgan fingerprint density at radius 3 is 2.73 bits per heavy atom. The number of anilines is 2. The van der Waals surface area contributed by atoms with E-state index in [0.29, 0.717) is 23.1 Å². The molecule has 1 aliphatic rings. The number of hydrogen-bond donors (Lipinski definition) is 1. The molecule has 0 unspecified atom stereocenters. The highest BCUT2D eigenvalue weighted by Gasteiger charge is 2.19. The van der Waals surface area contributed by atoms with Gasteiger partial charge in [0, 0.05) is 18.0 Å². The molecule has 0 spiro atoms. The number of hydrogen-bond acceptors (Lipinski definition) is 4. The number of thiophene rings is 1. The minimum absolute atomic E-state index is 0.102. The van der Waals surface area contributed by atoms with Gasteiger partial charge in [0.05, 0.1) is 34.5 Å². The zero-order valence-electron chi connectivity index (χ0n) is 12.3. The standard InChI is InChI=1S/C16H17ClN2O2S/c1-11-5-6-14(22-11)16(20)18-13-4-2-3-12(17)15(13)19-7-9-21-10-8-19/h2-6H,7-10H2,1H3,(H,18,20). The lowest BCUT2D eigenvalue weighted by atomic mass is 10.2. The second-order valence-corrected chi connectivity index (χ2v) is 6.79. The van der Waals surface area contributed by atoms with E-state index in [-0.39, 0.29) is 5.91 Å². The fraction of sp³-hybridized carbons (Fsp3) is 0.312. The summed E-state index contributed by atoms with van der Waals surface area (Å²) >= 11 is 7.85. The van der Waals surface area contributed by atoms with Gasteiger partial charge in [0.1, 0.15) is 0 Å². The molecular formula is C16H17ClN2O2S. The van der Waals surface area contributed by atoms with Gasteiger partial charge in [0.25, 0.3) is 5.91 Å². The van der Waals surface area contributed by atoms with Crippen molar-refractivity contribution >= 4 is 40.2 Å². The summed E-state index contributed by atoms with van der Waals surface area (Å²) in [6.45, 7) is 4.86. The number of nitrogens with zero attached hydrogens (tertiary/aromatic N) is 1. The number of benzene rings is 1. The second-order valence-electron chi connectivity index (χ2n) is 5.10. The van der Waals surface area contributed by atoms with Crippen molar-refractivity contribution < 1.29 is 9.53 Å². The summed E-state index contributed by atoms with van der Waals surface area (Å²) in [5.74, 6) is -0.102. The Balaban J connectivity index is 1.86. The summed E-state index contributed by atoms with van der Waals surface area (Å²) in [6.07, 6.45) is 0. The second kappa shape index (κ2) is 6.69. The van der Waals surface area contributed by atoms with E-state index in [2.05, 4.69) is 10.2 Å². The van der Waals surface area contributed by atoms with Gasteiger partial charge in [-0.1, -0.05) is 17.7 Å². The van der Waals surface area contributed by atoms with E-state index in [1.165, 1.54) is 11.3 Å². The van der Waals surface area contributed by atoms with Crippen molar-refractivity contribution in [3.63, 3.8) is 0 Å². The van der Waals surface area contributed by atoms with Crippen LogP contribution in [0.5, 0.6) is 0 Å². The molecule has 116 valence electrons. The van der Waals surface area contributed by atoms with Gasteiger partial charge >= 0.3 is 0 Å². The minimum atomic E-state index is -0.102. The molecule has 1 aromatic heterocycles. The molecule has 3 rings (SSSR count). The Bertz CT molecular complexity index is 681. The smallest absolute Gasteiger partial charge is 0.265 e. The zero-order valence-corrected chi connectivity index (χ0v) is 13.8. The third kappa shape index (κ3) is 3.27. The third-order valence-electron chi connectivity index (χ3n) is 3.53. The maximum atomic E-state index is 12.4. The number of carbonyl (C=O) groups excluding carboxylic acids is 1. The van der Waals surface area contributed by atoms with E-state index in [9.17, 15) is 4.79 Å². The Kier molecular flexibility index (Phi) is 4.66. The summed E-state index contributed by atoms with van der Waals surface area (Å²) in [7, 11) is 0. The number of morpholine rings is 1. The number of halogens is 1. The first-order chi connectivity index (χ1) is 10.6. The number of aryl methyl sites for hydroxylation is 1. The quantitative estimate of drug-likeness (QED) is 0.927. The number of carbonyl (C=O) groups is 1. The molecule has 0 saturated carbocycles. The first-order valence-corrected chi connectivity index (χ1v) is 8.33. The van der Waals surface area contributed by atoms with Crippen LogP contribution in [0.1, 0.15) is 14.5 Å². The molecule has 22 heavy (non-hydrogen) atoms. The number of rotatable bonds is 3. The molecule has 1 aliphatic heterocycles. The van der Waals surface area contributed by atoms with Gasteiger partial charge in [-0.25, -0.2) is 0 Å². The zero-order chi connectivity index (χ0) is 15.5. The molecule has 0 atom stereocenters. The van der Waals surface area contributed by atoms with Gasteiger partial charge in [-0.05, 0) is 31.2 Å². The van der Waals surface area contributed by atoms with Crippen molar-refractivity contribution in [2.45, 2.75) is 6.92 Å². The Morgan fingerprint density at radius 1 is 1.27 bits per heavy atom. The fourth-order valence-corrected chi connectivity index (χ4v) is 3.52. The van der Waals surface area contributed by atoms with E-state index in [0.717, 1.165) is 29.3 Å². The highest BCUT2D eigenvalue weighted by atomic mass is 35.5. The number of nitrogens with one attached hydrogen (secondary N) is 1. The van der Waals surface area contributed by atoms with Crippen LogP contribution in [-0.4, -0.2) is 32.2 Å². The third-order valence-corrected chi connectivity index (χ3v) is 4.83. The number of ether oxygens (including phenoxy) is 1. The molecule has 1 aromatic carbocycles. The van der Waals surface area contributed by atoms with Crippen LogP contribution in [0.15, 0.2) is 30.3 Å². The maximum Gasteiger partial charge on any atom is 0.265 e. The predicted octanol–water partition coefficient (Wildman–Crippen LogP) is 3.80. The van der Waals surface area contributed by atoms with Gasteiger partial charge in [-0.3, -0.25) is 4.79 Å². The van der Waals surface area contributed by atoms with Crippen LogP contribution in [0.2, 0.25) is 5.02 Å². The van der Waals surface area contributed by atoms with Crippen LogP contribution < -0.4 is 10.2 Å². The van der Waals surface area contributed by atoms with Crippen LogP contribution in [0.3, 0.4) is 0 Å².